The highest BCUT2D eigenvalue weighted by molar-refractivity contribution is 6.42. The molecule has 108 valence electrons. The van der Waals surface area contributed by atoms with Crippen LogP contribution in [0, 0.1) is 23.7 Å². The minimum atomic E-state index is 0.607. The van der Waals surface area contributed by atoms with Crippen LogP contribution in [0.15, 0.2) is 30.0 Å². The topological polar surface area (TPSA) is 12.0 Å². The van der Waals surface area contributed by atoms with Crippen molar-refractivity contribution in [3.63, 3.8) is 0 Å². The van der Waals surface area contributed by atoms with Crippen LogP contribution >= 0.6 is 23.2 Å². The Hall–Kier alpha value is -0.660. The van der Waals surface area contributed by atoms with Gasteiger partial charge in [-0.25, -0.2) is 0 Å². The maximum atomic E-state index is 6.10. The van der Waals surface area contributed by atoms with Gasteiger partial charge in [-0.2, -0.15) is 0 Å². The van der Waals surface area contributed by atoms with Crippen LogP contribution in [-0.2, 0) is 0 Å². The van der Waals surface area contributed by atoms with Crippen molar-refractivity contribution in [2.75, 3.05) is 5.32 Å². The van der Waals surface area contributed by atoms with Crippen LogP contribution in [0.25, 0.3) is 0 Å². The van der Waals surface area contributed by atoms with Gasteiger partial charge in [0.1, 0.15) is 0 Å². The van der Waals surface area contributed by atoms with Crippen molar-refractivity contribution in [2.45, 2.75) is 33.1 Å². The standard InChI is InChI=1S/C17H21Cl2N/c1-10-3-5-13-11(2)8-17(14(13)7-10)20-12-4-6-15(18)16(19)9-12/h4,6,8-11,13-14,20H,3,5,7H2,1-2H3/t10-,11?,13+,14-/m1/s1. The average Bonchev–Trinajstić information content (AvgIpc) is 2.70. The molecule has 1 unspecified atom stereocenters. The van der Waals surface area contributed by atoms with E-state index < -0.39 is 0 Å². The molecule has 0 saturated heterocycles. The number of fused-ring (bicyclic) bond motifs is 1. The van der Waals surface area contributed by atoms with Crippen LogP contribution < -0.4 is 5.32 Å². The third-order valence-corrected chi connectivity index (χ3v) is 5.63. The third-order valence-electron chi connectivity index (χ3n) is 4.89. The lowest BCUT2D eigenvalue weighted by atomic mass is 9.73. The molecule has 3 heteroatoms. The van der Waals surface area contributed by atoms with E-state index in [1.807, 2.05) is 18.2 Å². The number of nitrogens with one attached hydrogen (secondary N) is 1. The SMILES string of the molecule is CC1C=C(Nc2ccc(Cl)c(Cl)c2)[C@@H]2C[C@H](C)CC[C@@H]12. The van der Waals surface area contributed by atoms with Gasteiger partial charge in [-0.3, -0.25) is 0 Å². The molecule has 0 spiro atoms. The molecular weight excluding hydrogens is 289 g/mol. The largest absolute Gasteiger partial charge is 0.359 e. The zero-order valence-electron chi connectivity index (χ0n) is 12.0. The minimum absolute atomic E-state index is 0.607. The number of hydrogen-bond acceptors (Lipinski definition) is 1. The van der Waals surface area contributed by atoms with Gasteiger partial charge in [0.15, 0.2) is 0 Å². The molecule has 0 radical (unpaired) electrons. The van der Waals surface area contributed by atoms with E-state index in [9.17, 15) is 0 Å². The van der Waals surface area contributed by atoms with Gasteiger partial charge in [-0.05, 0) is 48.8 Å². The lowest BCUT2D eigenvalue weighted by Gasteiger charge is -2.34. The van der Waals surface area contributed by atoms with Gasteiger partial charge in [0, 0.05) is 17.3 Å². The number of allylic oxidation sites excluding steroid dienone is 2. The maximum Gasteiger partial charge on any atom is 0.0612 e. The fourth-order valence-electron chi connectivity index (χ4n) is 3.80. The summed E-state index contributed by atoms with van der Waals surface area (Å²) in [5.74, 6) is 3.01. The molecule has 2 aliphatic rings. The first-order valence-electron chi connectivity index (χ1n) is 7.48. The Morgan fingerprint density at radius 1 is 1.10 bits per heavy atom. The van der Waals surface area contributed by atoms with Crippen molar-refractivity contribution < 1.29 is 0 Å². The Morgan fingerprint density at radius 3 is 2.65 bits per heavy atom. The van der Waals surface area contributed by atoms with Gasteiger partial charge in [0.2, 0.25) is 0 Å². The molecule has 0 bridgehead atoms. The van der Waals surface area contributed by atoms with E-state index >= 15 is 0 Å². The summed E-state index contributed by atoms with van der Waals surface area (Å²) in [6.45, 7) is 4.72. The second kappa shape index (κ2) is 5.61. The molecule has 1 aromatic rings. The lowest BCUT2D eigenvalue weighted by molar-refractivity contribution is 0.203. The van der Waals surface area contributed by atoms with Crippen LogP contribution in [0.4, 0.5) is 5.69 Å². The second-order valence-corrected chi connectivity index (χ2v) is 7.24. The average molecular weight is 310 g/mol. The van der Waals surface area contributed by atoms with Gasteiger partial charge in [-0.1, -0.05) is 49.5 Å². The molecular formula is C17H21Cl2N. The van der Waals surface area contributed by atoms with Crippen LogP contribution in [0.5, 0.6) is 0 Å². The van der Waals surface area contributed by atoms with Gasteiger partial charge in [0.25, 0.3) is 0 Å². The monoisotopic (exact) mass is 309 g/mol. The molecule has 0 aliphatic heterocycles. The Balaban J connectivity index is 1.79. The molecule has 4 atom stereocenters. The maximum absolute atomic E-state index is 6.10. The number of benzene rings is 1. The summed E-state index contributed by atoms with van der Waals surface area (Å²) in [6.07, 6.45) is 6.44. The highest BCUT2D eigenvalue weighted by atomic mass is 35.5. The Kier molecular flexibility index (Phi) is 4.01. The first-order chi connectivity index (χ1) is 9.54. The number of halogens is 2. The van der Waals surface area contributed by atoms with Crippen molar-refractivity contribution in [2.24, 2.45) is 23.7 Å². The van der Waals surface area contributed by atoms with Crippen molar-refractivity contribution in [3.05, 3.63) is 40.0 Å². The van der Waals surface area contributed by atoms with Gasteiger partial charge in [0.05, 0.1) is 10.0 Å². The fourth-order valence-corrected chi connectivity index (χ4v) is 4.09. The van der Waals surface area contributed by atoms with Crippen molar-refractivity contribution >= 4 is 28.9 Å². The van der Waals surface area contributed by atoms with Crippen molar-refractivity contribution in [1.29, 1.82) is 0 Å². The molecule has 0 amide bonds. The summed E-state index contributed by atoms with van der Waals surface area (Å²) in [7, 11) is 0. The minimum Gasteiger partial charge on any atom is -0.359 e. The molecule has 3 rings (SSSR count). The van der Waals surface area contributed by atoms with E-state index in [1.54, 1.807) is 0 Å². The molecule has 0 aromatic heterocycles. The van der Waals surface area contributed by atoms with Crippen LogP contribution in [-0.4, -0.2) is 0 Å². The third kappa shape index (κ3) is 2.71. The Bertz CT molecular complexity index is 538. The van der Waals surface area contributed by atoms with E-state index in [4.69, 9.17) is 23.2 Å². The predicted molar refractivity (Wildman–Crippen MR) is 87.3 cm³/mol. The summed E-state index contributed by atoms with van der Waals surface area (Å²) >= 11 is 12.1. The molecule has 1 saturated carbocycles. The number of anilines is 1. The van der Waals surface area contributed by atoms with E-state index in [0.717, 1.165) is 17.5 Å². The summed E-state index contributed by atoms with van der Waals surface area (Å²) in [5.41, 5.74) is 2.42. The van der Waals surface area contributed by atoms with Crippen LogP contribution in [0.3, 0.4) is 0 Å². The first kappa shape index (κ1) is 14.3. The zero-order valence-corrected chi connectivity index (χ0v) is 13.5. The molecule has 2 aliphatic carbocycles. The van der Waals surface area contributed by atoms with Crippen molar-refractivity contribution in [1.82, 2.24) is 0 Å². The quantitative estimate of drug-likeness (QED) is 0.707. The molecule has 20 heavy (non-hydrogen) atoms. The summed E-state index contributed by atoms with van der Waals surface area (Å²) in [6, 6.07) is 5.76. The molecule has 1 aromatic carbocycles. The number of hydrogen-bond donors (Lipinski definition) is 1. The number of rotatable bonds is 2. The highest BCUT2D eigenvalue weighted by Gasteiger charge is 2.38. The van der Waals surface area contributed by atoms with Gasteiger partial charge < -0.3 is 5.32 Å². The zero-order chi connectivity index (χ0) is 14.3. The van der Waals surface area contributed by atoms with Crippen LogP contribution in [0.1, 0.15) is 33.1 Å². The smallest absolute Gasteiger partial charge is 0.0612 e. The van der Waals surface area contributed by atoms with E-state index in [0.29, 0.717) is 21.9 Å². The second-order valence-electron chi connectivity index (χ2n) is 6.42. The van der Waals surface area contributed by atoms with Crippen LogP contribution in [0.2, 0.25) is 10.0 Å². The lowest BCUT2D eigenvalue weighted by Crippen LogP contribution is -2.26. The fraction of sp³-hybridized carbons (Fsp3) is 0.529. The highest BCUT2D eigenvalue weighted by Crippen LogP contribution is 2.47. The van der Waals surface area contributed by atoms with Crippen molar-refractivity contribution in [3.8, 4) is 0 Å². The Labute approximate surface area is 131 Å². The van der Waals surface area contributed by atoms with E-state index in [2.05, 4.69) is 25.2 Å². The molecule has 0 heterocycles. The molecule has 1 N–H and O–H groups in total. The van der Waals surface area contributed by atoms with E-state index in [-0.39, 0.29) is 0 Å². The summed E-state index contributed by atoms with van der Waals surface area (Å²) < 4.78 is 0. The van der Waals surface area contributed by atoms with Gasteiger partial charge in [-0.15, -0.1) is 0 Å². The summed E-state index contributed by atoms with van der Waals surface area (Å²) in [4.78, 5) is 0. The van der Waals surface area contributed by atoms with Gasteiger partial charge >= 0.3 is 0 Å². The summed E-state index contributed by atoms with van der Waals surface area (Å²) in [5, 5.41) is 4.79. The molecule has 1 fully saturated rings. The normalized spacial score (nSPS) is 32.7. The van der Waals surface area contributed by atoms with E-state index in [1.165, 1.54) is 25.0 Å². The predicted octanol–water partition coefficient (Wildman–Crippen LogP) is 5.99. The molecule has 1 nitrogen and oxygen atoms in total. The Morgan fingerprint density at radius 2 is 1.90 bits per heavy atom. The first-order valence-corrected chi connectivity index (χ1v) is 8.24.